The van der Waals surface area contributed by atoms with Crippen LogP contribution in [0, 0.1) is 0 Å². The van der Waals surface area contributed by atoms with Gasteiger partial charge < -0.3 is 10.1 Å². The first-order valence-corrected chi connectivity index (χ1v) is 7.18. The minimum Gasteiger partial charge on any atom is -0.371 e. The van der Waals surface area contributed by atoms with Gasteiger partial charge in [-0.1, -0.05) is 6.92 Å². The van der Waals surface area contributed by atoms with Gasteiger partial charge in [0.15, 0.2) is 5.82 Å². The van der Waals surface area contributed by atoms with Gasteiger partial charge in [-0.25, -0.2) is 9.97 Å². The Morgan fingerprint density at radius 2 is 2.22 bits per heavy atom. The van der Waals surface area contributed by atoms with Gasteiger partial charge >= 0.3 is 0 Å². The lowest BCUT2D eigenvalue weighted by Crippen LogP contribution is -2.08. The molecule has 18 heavy (non-hydrogen) atoms. The van der Waals surface area contributed by atoms with Crippen molar-refractivity contribution in [3.8, 4) is 0 Å². The van der Waals surface area contributed by atoms with Gasteiger partial charge in [-0.3, -0.25) is 0 Å². The molecule has 2 heterocycles. The molecule has 0 aromatic carbocycles. The molecule has 0 saturated heterocycles. The molecule has 98 valence electrons. The molecule has 0 unspecified atom stereocenters. The summed E-state index contributed by atoms with van der Waals surface area (Å²) in [5.41, 5.74) is 0. The van der Waals surface area contributed by atoms with E-state index in [0.29, 0.717) is 6.61 Å². The fourth-order valence-corrected chi connectivity index (χ4v) is 2.37. The summed E-state index contributed by atoms with van der Waals surface area (Å²) in [4.78, 5) is 10.1. The highest BCUT2D eigenvalue weighted by Crippen LogP contribution is 2.25. The first-order valence-electron chi connectivity index (χ1n) is 6.30. The third-order valence-electron chi connectivity index (χ3n) is 2.46. The maximum atomic E-state index is 5.56. The molecule has 5 heteroatoms. The van der Waals surface area contributed by atoms with Crippen molar-refractivity contribution in [1.82, 2.24) is 9.97 Å². The molecule has 0 atom stereocenters. The average Bonchev–Trinajstić information content (AvgIpc) is 2.81. The lowest BCUT2D eigenvalue weighted by Gasteiger charge is -2.09. The lowest BCUT2D eigenvalue weighted by atomic mass is 10.3. The quantitative estimate of drug-likeness (QED) is 0.869. The van der Waals surface area contributed by atoms with Crippen molar-refractivity contribution in [2.45, 2.75) is 39.9 Å². The standard InChI is InChI=1S/C13H19N3OS/c1-4-6-14-12-10-5-7-18-13(10)16-11(15-12)8-17-9(2)3/h5,7,9H,4,6,8H2,1-3H3,(H,14,15,16). The molecule has 0 aliphatic rings. The number of hydrogen-bond acceptors (Lipinski definition) is 5. The van der Waals surface area contributed by atoms with Gasteiger partial charge in [0.05, 0.1) is 11.5 Å². The van der Waals surface area contributed by atoms with E-state index in [-0.39, 0.29) is 6.10 Å². The highest BCUT2D eigenvalue weighted by molar-refractivity contribution is 7.16. The number of ether oxygens (including phenoxy) is 1. The number of hydrogen-bond donors (Lipinski definition) is 1. The van der Waals surface area contributed by atoms with Crippen molar-refractivity contribution in [2.75, 3.05) is 11.9 Å². The van der Waals surface area contributed by atoms with E-state index in [2.05, 4.69) is 28.3 Å². The molecular weight excluding hydrogens is 246 g/mol. The molecule has 0 saturated carbocycles. The topological polar surface area (TPSA) is 47.0 Å². The third kappa shape index (κ3) is 3.17. The number of thiophene rings is 1. The van der Waals surface area contributed by atoms with Gasteiger partial charge in [0, 0.05) is 6.54 Å². The summed E-state index contributed by atoms with van der Waals surface area (Å²) in [5, 5.41) is 6.50. The first kappa shape index (κ1) is 13.2. The fraction of sp³-hybridized carbons (Fsp3) is 0.538. The Labute approximate surface area is 111 Å². The van der Waals surface area contributed by atoms with Gasteiger partial charge in [0.2, 0.25) is 0 Å². The van der Waals surface area contributed by atoms with Gasteiger partial charge in [-0.15, -0.1) is 11.3 Å². The maximum Gasteiger partial charge on any atom is 0.158 e. The Morgan fingerprint density at radius 3 is 2.94 bits per heavy atom. The van der Waals surface area contributed by atoms with Crippen molar-refractivity contribution in [3.05, 3.63) is 17.3 Å². The maximum absolute atomic E-state index is 5.56. The average molecular weight is 265 g/mol. The van der Waals surface area contributed by atoms with Crippen LogP contribution in [0.15, 0.2) is 11.4 Å². The summed E-state index contributed by atoms with van der Waals surface area (Å²) in [5.74, 6) is 1.67. The Hall–Kier alpha value is -1.20. The number of aromatic nitrogens is 2. The van der Waals surface area contributed by atoms with Gasteiger partial charge in [0.1, 0.15) is 17.3 Å². The van der Waals surface area contributed by atoms with Gasteiger partial charge in [-0.05, 0) is 31.7 Å². The largest absolute Gasteiger partial charge is 0.371 e. The van der Waals surface area contributed by atoms with Crippen LogP contribution in [-0.4, -0.2) is 22.6 Å². The lowest BCUT2D eigenvalue weighted by molar-refractivity contribution is 0.0615. The normalized spacial score (nSPS) is 11.3. The van der Waals surface area contributed by atoms with Crippen LogP contribution in [0.5, 0.6) is 0 Å². The van der Waals surface area contributed by atoms with Crippen molar-refractivity contribution < 1.29 is 4.74 Å². The Balaban J connectivity index is 2.25. The van der Waals surface area contributed by atoms with Crippen LogP contribution in [0.25, 0.3) is 10.2 Å². The Bertz CT molecular complexity index is 510. The number of nitrogens with zero attached hydrogens (tertiary/aromatic N) is 2. The molecule has 2 aromatic rings. The molecule has 0 spiro atoms. The summed E-state index contributed by atoms with van der Waals surface area (Å²) < 4.78 is 5.56. The van der Waals surface area contributed by atoms with E-state index in [1.165, 1.54) is 0 Å². The molecule has 0 amide bonds. The molecular formula is C13H19N3OS. The SMILES string of the molecule is CCCNc1nc(COC(C)C)nc2sccc12. The second-order valence-electron chi connectivity index (χ2n) is 4.41. The Morgan fingerprint density at radius 1 is 1.39 bits per heavy atom. The van der Waals surface area contributed by atoms with Crippen LogP contribution in [0.4, 0.5) is 5.82 Å². The van der Waals surface area contributed by atoms with Crippen molar-refractivity contribution >= 4 is 27.4 Å². The first-order chi connectivity index (χ1) is 8.70. The van der Waals surface area contributed by atoms with Crippen molar-refractivity contribution in [3.63, 3.8) is 0 Å². The highest BCUT2D eigenvalue weighted by Gasteiger charge is 2.09. The number of nitrogens with one attached hydrogen (secondary N) is 1. The molecule has 0 radical (unpaired) electrons. The summed E-state index contributed by atoms with van der Waals surface area (Å²) in [6, 6.07) is 2.06. The molecule has 0 bridgehead atoms. The van der Waals surface area contributed by atoms with Gasteiger partial charge in [0.25, 0.3) is 0 Å². The van der Waals surface area contributed by atoms with Crippen LogP contribution >= 0.6 is 11.3 Å². The number of rotatable bonds is 6. The van der Waals surface area contributed by atoms with E-state index in [1.807, 2.05) is 19.2 Å². The van der Waals surface area contributed by atoms with E-state index >= 15 is 0 Å². The van der Waals surface area contributed by atoms with E-state index in [1.54, 1.807) is 11.3 Å². The van der Waals surface area contributed by atoms with E-state index in [4.69, 9.17) is 4.74 Å². The third-order valence-corrected chi connectivity index (χ3v) is 3.27. The summed E-state index contributed by atoms with van der Waals surface area (Å²) >= 11 is 1.64. The Kier molecular flexibility index (Phi) is 4.49. The van der Waals surface area contributed by atoms with Crippen LogP contribution in [0.1, 0.15) is 33.0 Å². The zero-order chi connectivity index (χ0) is 13.0. The molecule has 4 nitrogen and oxygen atoms in total. The summed E-state index contributed by atoms with van der Waals surface area (Å²) in [7, 11) is 0. The molecule has 1 N–H and O–H groups in total. The minimum atomic E-state index is 0.194. The number of anilines is 1. The van der Waals surface area contributed by atoms with Crippen molar-refractivity contribution in [1.29, 1.82) is 0 Å². The van der Waals surface area contributed by atoms with Gasteiger partial charge in [-0.2, -0.15) is 0 Å². The molecule has 0 aliphatic carbocycles. The predicted molar refractivity (Wildman–Crippen MR) is 76.1 cm³/mol. The van der Waals surface area contributed by atoms with E-state index < -0.39 is 0 Å². The smallest absolute Gasteiger partial charge is 0.158 e. The molecule has 0 aliphatic heterocycles. The summed E-state index contributed by atoms with van der Waals surface area (Å²) in [6.07, 6.45) is 1.27. The van der Waals surface area contributed by atoms with Crippen LogP contribution < -0.4 is 5.32 Å². The zero-order valence-electron chi connectivity index (χ0n) is 11.1. The van der Waals surface area contributed by atoms with E-state index in [9.17, 15) is 0 Å². The second-order valence-corrected chi connectivity index (χ2v) is 5.31. The highest BCUT2D eigenvalue weighted by atomic mass is 32.1. The van der Waals surface area contributed by atoms with Crippen LogP contribution in [0.2, 0.25) is 0 Å². The number of fused-ring (bicyclic) bond motifs is 1. The summed E-state index contributed by atoms with van der Waals surface area (Å²) in [6.45, 7) is 7.56. The van der Waals surface area contributed by atoms with Crippen molar-refractivity contribution in [2.24, 2.45) is 0 Å². The monoisotopic (exact) mass is 265 g/mol. The zero-order valence-corrected chi connectivity index (χ0v) is 11.9. The molecule has 0 fully saturated rings. The fourth-order valence-electron chi connectivity index (χ4n) is 1.58. The predicted octanol–water partition coefficient (Wildman–Crippen LogP) is 3.44. The molecule has 2 rings (SSSR count). The molecule has 2 aromatic heterocycles. The van der Waals surface area contributed by atoms with Crippen LogP contribution in [-0.2, 0) is 11.3 Å². The van der Waals surface area contributed by atoms with E-state index in [0.717, 1.165) is 34.8 Å². The minimum absolute atomic E-state index is 0.194. The van der Waals surface area contributed by atoms with Crippen LogP contribution in [0.3, 0.4) is 0 Å². The second kappa shape index (κ2) is 6.11.